The van der Waals surface area contributed by atoms with Gasteiger partial charge in [0, 0.05) is 30.0 Å². The molecule has 0 bridgehead atoms. The number of rotatable bonds is 5. The van der Waals surface area contributed by atoms with Crippen molar-refractivity contribution in [3.8, 4) is 0 Å². The molecule has 21 heavy (non-hydrogen) atoms. The van der Waals surface area contributed by atoms with E-state index < -0.39 is 0 Å². The molecule has 0 saturated heterocycles. The smallest absolute Gasteiger partial charge is 0.252 e. The quantitative estimate of drug-likeness (QED) is 0.673. The number of hydrogen-bond acceptors (Lipinski definition) is 3. The maximum atomic E-state index is 12.1. The Kier molecular flexibility index (Phi) is 3.83. The van der Waals surface area contributed by atoms with E-state index in [2.05, 4.69) is 27.2 Å². The highest BCUT2D eigenvalue weighted by molar-refractivity contribution is 5.78. The van der Waals surface area contributed by atoms with Gasteiger partial charge >= 0.3 is 0 Å². The average Bonchev–Trinajstić information content (AvgIpc) is 3.02. The summed E-state index contributed by atoms with van der Waals surface area (Å²) < 4.78 is 0. The highest BCUT2D eigenvalue weighted by Gasteiger charge is 2.12. The molecule has 0 aliphatic rings. The average molecular weight is 282 g/mol. The Balaban J connectivity index is 1.81. The molecule has 3 N–H and O–H groups in total. The lowest BCUT2D eigenvalue weighted by molar-refractivity contribution is 0.496. The molecule has 2 heterocycles. The Morgan fingerprint density at radius 3 is 2.95 bits per heavy atom. The first kappa shape index (κ1) is 13.6. The molecule has 3 aromatic rings. The first-order chi connectivity index (χ1) is 10.3. The molecule has 5 heteroatoms. The largest absolute Gasteiger partial charge is 0.347 e. The zero-order valence-corrected chi connectivity index (χ0v) is 11.9. The SMILES string of the molecule is CCC(NCc1cc2ccccc2[nH]c1=O)c1ncc[nH]1. The molecule has 0 aliphatic heterocycles. The van der Waals surface area contributed by atoms with E-state index >= 15 is 0 Å². The second kappa shape index (κ2) is 5.93. The molecule has 2 aromatic heterocycles. The molecule has 1 atom stereocenters. The second-order valence-corrected chi connectivity index (χ2v) is 5.03. The molecule has 0 saturated carbocycles. The number of aromatic nitrogens is 3. The monoisotopic (exact) mass is 282 g/mol. The van der Waals surface area contributed by atoms with Crippen LogP contribution in [0.25, 0.3) is 10.9 Å². The fourth-order valence-corrected chi connectivity index (χ4v) is 2.46. The number of pyridine rings is 1. The highest BCUT2D eigenvalue weighted by Crippen LogP contribution is 2.13. The molecule has 1 aromatic carbocycles. The van der Waals surface area contributed by atoms with Crippen LogP contribution in [0.2, 0.25) is 0 Å². The van der Waals surface area contributed by atoms with E-state index in [0.717, 1.165) is 28.7 Å². The number of aromatic amines is 2. The summed E-state index contributed by atoms with van der Waals surface area (Å²) in [7, 11) is 0. The van der Waals surface area contributed by atoms with Gasteiger partial charge in [-0.3, -0.25) is 4.79 Å². The summed E-state index contributed by atoms with van der Waals surface area (Å²) in [6, 6.07) is 9.85. The summed E-state index contributed by atoms with van der Waals surface area (Å²) in [4.78, 5) is 22.4. The highest BCUT2D eigenvalue weighted by atomic mass is 16.1. The zero-order valence-electron chi connectivity index (χ0n) is 11.9. The van der Waals surface area contributed by atoms with Gasteiger partial charge in [0.05, 0.1) is 6.04 Å². The van der Waals surface area contributed by atoms with E-state index in [0.29, 0.717) is 6.54 Å². The van der Waals surface area contributed by atoms with Gasteiger partial charge in [0.15, 0.2) is 0 Å². The first-order valence-corrected chi connectivity index (χ1v) is 7.11. The van der Waals surface area contributed by atoms with Crippen molar-refractivity contribution in [3.05, 3.63) is 64.5 Å². The van der Waals surface area contributed by atoms with Crippen molar-refractivity contribution in [2.75, 3.05) is 0 Å². The minimum atomic E-state index is -0.0458. The van der Waals surface area contributed by atoms with Crippen LogP contribution in [-0.2, 0) is 6.54 Å². The summed E-state index contributed by atoms with van der Waals surface area (Å²) in [5.41, 5.74) is 1.55. The van der Waals surface area contributed by atoms with Crippen LogP contribution in [0.4, 0.5) is 0 Å². The van der Waals surface area contributed by atoms with Gasteiger partial charge in [-0.05, 0) is 23.9 Å². The van der Waals surface area contributed by atoms with Gasteiger partial charge < -0.3 is 15.3 Å². The number of fused-ring (bicyclic) bond motifs is 1. The van der Waals surface area contributed by atoms with Crippen LogP contribution >= 0.6 is 0 Å². The molecule has 0 amide bonds. The standard InChI is InChI=1S/C16H18N4O/c1-2-13(15-17-7-8-18-15)19-10-12-9-11-5-3-4-6-14(11)20-16(12)21/h3-9,13,19H,2,10H2,1H3,(H,17,18)(H,20,21). The van der Waals surface area contributed by atoms with Crippen molar-refractivity contribution < 1.29 is 0 Å². The normalized spacial score (nSPS) is 12.6. The molecular formula is C16H18N4O. The summed E-state index contributed by atoms with van der Waals surface area (Å²) in [6.45, 7) is 2.60. The third-order valence-electron chi connectivity index (χ3n) is 3.63. The van der Waals surface area contributed by atoms with Gasteiger partial charge in [-0.15, -0.1) is 0 Å². The van der Waals surface area contributed by atoms with Gasteiger partial charge in [0.2, 0.25) is 0 Å². The van der Waals surface area contributed by atoms with E-state index in [1.165, 1.54) is 0 Å². The van der Waals surface area contributed by atoms with Crippen LogP contribution in [0.5, 0.6) is 0 Å². The molecular weight excluding hydrogens is 264 g/mol. The molecule has 0 spiro atoms. The number of imidazole rings is 1. The topological polar surface area (TPSA) is 73.6 Å². The van der Waals surface area contributed by atoms with Gasteiger partial charge in [-0.25, -0.2) is 4.98 Å². The van der Waals surface area contributed by atoms with Crippen LogP contribution in [-0.4, -0.2) is 15.0 Å². The summed E-state index contributed by atoms with van der Waals surface area (Å²) in [6.07, 6.45) is 4.45. The third kappa shape index (κ3) is 2.87. The van der Waals surface area contributed by atoms with E-state index in [4.69, 9.17) is 0 Å². The van der Waals surface area contributed by atoms with Crippen LogP contribution in [0, 0.1) is 0 Å². The number of hydrogen-bond donors (Lipinski definition) is 3. The lowest BCUT2D eigenvalue weighted by Crippen LogP contribution is -2.25. The van der Waals surface area contributed by atoms with Gasteiger partial charge in [-0.2, -0.15) is 0 Å². The predicted octanol–water partition coefficient (Wildman–Crippen LogP) is 2.49. The molecule has 0 fully saturated rings. The van der Waals surface area contributed by atoms with E-state index in [1.807, 2.05) is 36.5 Å². The van der Waals surface area contributed by atoms with Crippen LogP contribution in [0.15, 0.2) is 47.5 Å². The zero-order chi connectivity index (χ0) is 14.7. The summed E-state index contributed by atoms with van der Waals surface area (Å²) in [5.74, 6) is 0.898. The molecule has 3 rings (SSSR count). The Morgan fingerprint density at radius 2 is 2.19 bits per heavy atom. The molecule has 1 unspecified atom stereocenters. The van der Waals surface area contributed by atoms with Crippen LogP contribution < -0.4 is 10.9 Å². The molecule has 0 aliphatic carbocycles. The summed E-state index contributed by atoms with van der Waals surface area (Å²) in [5, 5.41) is 4.42. The van der Waals surface area contributed by atoms with E-state index in [1.54, 1.807) is 6.20 Å². The first-order valence-electron chi connectivity index (χ1n) is 7.11. The minimum absolute atomic E-state index is 0.0458. The molecule has 0 radical (unpaired) electrons. The number of nitrogens with one attached hydrogen (secondary N) is 3. The van der Waals surface area contributed by atoms with E-state index in [9.17, 15) is 4.79 Å². The van der Waals surface area contributed by atoms with Gasteiger partial charge in [-0.1, -0.05) is 25.1 Å². The number of nitrogens with zero attached hydrogens (tertiary/aromatic N) is 1. The Bertz CT molecular complexity index is 776. The Hall–Kier alpha value is -2.40. The van der Waals surface area contributed by atoms with Crippen molar-refractivity contribution in [1.29, 1.82) is 0 Å². The summed E-state index contributed by atoms with van der Waals surface area (Å²) >= 11 is 0. The number of H-pyrrole nitrogens is 2. The van der Waals surface area contributed by atoms with Crippen molar-refractivity contribution in [1.82, 2.24) is 20.3 Å². The van der Waals surface area contributed by atoms with Crippen molar-refractivity contribution in [2.45, 2.75) is 25.9 Å². The fourth-order valence-electron chi connectivity index (χ4n) is 2.46. The van der Waals surface area contributed by atoms with Crippen LogP contribution in [0.3, 0.4) is 0 Å². The predicted molar refractivity (Wildman–Crippen MR) is 83.0 cm³/mol. The maximum Gasteiger partial charge on any atom is 0.252 e. The Labute approximate surface area is 122 Å². The lowest BCUT2D eigenvalue weighted by atomic mass is 10.1. The fraction of sp³-hybridized carbons (Fsp3) is 0.250. The lowest BCUT2D eigenvalue weighted by Gasteiger charge is -2.14. The van der Waals surface area contributed by atoms with Crippen molar-refractivity contribution >= 4 is 10.9 Å². The number of para-hydroxylation sites is 1. The van der Waals surface area contributed by atoms with Crippen LogP contribution in [0.1, 0.15) is 30.8 Å². The van der Waals surface area contributed by atoms with Gasteiger partial charge in [0.25, 0.3) is 5.56 Å². The molecule has 108 valence electrons. The Morgan fingerprint density at radius 1 is 1.33 bits per heavy atom. The number of benzene rings is 1. The second-order valence-electron chi connectivity index (χ2n) is 5.03. The maximum absolute atomic E-state index is 12.1. The molecule has 5 nitrogen and oxygen atoms in total. The van der Waals surface area contributed by atoms with Crippen molar-refractivity contribution in [2.24, 2.45) is 0 Å². The van der Waals surface area contributed by atoms with Crippen molar-refractivity contribution in [3.63, 3.8) is 0 Å². The third-order valence-corrected chi connectivity index (χ3v) is 3.63. The minimum Gasteiger partial charge on any atom is -0.347 e. The van der Waals surface area contributed by atoms with Gasteiger partial charge in [0.1, 0.15) is 5.82 Å². The van der Waals surface area contributed by atoms with E-state index in [-0.39, 0.29) is 11.6 Å².